The molecule has 1 rings (SSSR count). The standard InChI is InChI=1S/C15H20BrNO4/c1-11(10-21-2)15(20)17(7-6-14(18)19)9-12-4-3-5-13(16)8-12/h3-5,8,11H,6-7,9-10H2,1-2H3,(H,18,19). The van der Waals surface area contributed by atoms with Crippen molar-refractivity contribution in [3.05, 3.63) is 34.3 Å². The van der Waals surface area contributed by atoms with Crippen LogP contribution in [0.25, 0.3) is 0 Å². The molecule has 1 atom stereocenters. The lowest BCUT2D eigenvalue weighted by atomic mass is 10.1. The Morgan fingerprint density at radius 1 is 1.43 bits per heavy atom. The van der Waals surface area contributed by atoms with Crippen LogP contribution in [0, 0.1) is 5.92 Å². The molecule has 0 spiro atoms. The highest BCUT2D eigenvalue weighted by molar-refractivity contribution is 9.10. The molecule has 0 aliphatic rings. The average molecular weight is 358 g/mol. The van der Waals surface area contributed by atoms with Crippen LogP contribution in [-0.4, -0.2) is 42.1 Å². The second-order valence-corrected chi connectivity index (χ2v) is 5.81. The molecule has 0 aliphatic carbocycles. The molecule has 0 bridgehead atoms. The maximum absolute atomic E-state index is 12.4. The zero-order valence-electron chi connectivity index (χ0n) is 12.2. The van der Waals surface area contributed by atoms with E-state index in [0.717, 1.165) is 10.0 Å². The van der Waals surface area contributed by atoms with E-state index >= 15 is 0 Å². The third kappa shape index (κ3) is 6.27. The number of carboxylic acid groups (broad SMARTS) is 1. The van der Waals surface area contributed by atoms with Gasteiger partial charge < -0.3 is 14.7 Å². The van der Waals surface area contributed by atoms with E-state index in [2.05, 4.69) is 15.9 Å². The van der Waals surface area contributed by atoms with Crippen LogP contribution in [0.3, 0.4) is 0 Å². The van der Waals surface area contributed by atoms with Crippen molar-refractivity contribution in [1.82, 2.24) is 4.90 Å². The number of halogens is 1. The summed E-state index contributed by atoms with van der Waals surface area (Å²) in [6.07, 6.45) is -0.0700. The maximum Gasteiger partial charge on any atom is 0.305 e. The van der Waals surface area contributed by atoms with Crippen molar-refractivity contribution >= 4 is 27.8 Å². The molecule has 0 fully saturated rings. The zero-order valence-corrected chi connectivity index (χ0v) is 13.8. The number of ether oxygens (including phenoxy) is 1. The Morgan fingerprint density at radius 2 is 2.14 bits per heavy atom. The zero-order chi connectivity index (χ0) is 15.8. The summed E-state index contributed by atoms with van der Waals surface area (Å²) in [5.74, 6) is -1.31. The summed E-state index contributed by atoms with van der Waals surface area (Å²) in [5, 5.41) is 8.83. The molecular weight excluding hydrogens is 338 g/mol. The number of aliphatic carboxylic acids is 1. The number of hydrogen-bond donors (Lipinski definition) is 1. The van der Waals surface area contributed by atoms with E-state index in [1.165, 1.54) is 0 Å². The van der Waals surface area contributed by atoms with E-state index < -0.39 is 5.97 Å². The molecule has 21 heavy (non-hydrogen) atoms. The third-order valence-corrected chi connectivity index (χ3v) is 3.50. The molecule has 116 valence electrons. The average Bonchev–Trinajstić information content (AvgIpc) is 2.42. The molecule has 1 aromatic carbocycles. The molecule has 5 nitrogen and oxygen atoms in total. The molecule has 1 unspecified atom stereocenters. The van der Waals surface area contributed by atoms with Crippen LogP contribution in [0.5, 0.6) is 0 Å². The fourth-order valence-corrected chi connectivity index (χ4v) is 2.43. The van der Waals surface area contributed by atoms with Crippen LogP contribution in [0.15, 0.2) is 28.7 Å². The van der Waals surface area contributed by atoms with E-state index in [4.69, 9.17) is 9.84 Å². The first kappa shape index (κ1) is 17.7. The van der Waals surface area contributed by atoms with Crippen molar-refractivity contribution in [3.63, 3.8) is 0 Å². The number of amides is 1. The van der Waals surface area contributed by atoms with Crippen molar-refractivity contribution < 1.29 is 19.4 Å². The molecule has 0 heterocycles. The Balaban J connectivity index is 2.80. The van der Waals surface area contributed by atoms with Gasteiger partial charge in [0.15, 0.2) is 0 Å². The van der Waals surface area contributed by atoms with Crippen molar-refractivity contribution in [2.45, 2.75) is 19.9 Å². The number of carbonyl (C=O) groups is 2. The monoisotopic (exact) mass is 357 g/mol. The minimum absolute atomic E-state index is 0.0700. The predicted octanol–water partition coefficient (Wildman–Crippen LogP) is 2.53. The van der Waals surface area contributed by atoms with Gasteiger partial charge in [0.2, 0.25) is 5.91 Å². The van der Waals surface area contributed by atoms with Gasteiger partial charge in [0.1, 0.15) is 0 Å². The van der Waals surface area contributed by atoms with Crippen LogP contribution in [0.2, 0.25) is 0 Å². The summed E-state index contributed by atoms with van der Waals surface area (Å²) in [5.41, 5.74) is 0.952. The van der Waals surface area contributed by atoms with E-state index in [-0.39, 0.29) is 24.8 Å². The molecule has 1 amide bonds. The van der Waals surface area contributed by atoms with E-state index in [9.17, 15) is 9.59 Å². The van der Waals surface area contributed by atoms with Gasteiger partial charge >= 0.3 is 5.97 Å². The van der Waals surface area contributed by atoms with Crippen LogP contribution in [0.4, 0.5) is 0 Å². The minimum atomic E-state index is -0.915. The Morgan fingerprint density at radius 3 is 2.71 bits per heavy atom. The Bertz CT molecular complexity index is 492. The minimum Gasteiger partial charge on any atom is -0.481 e. The van der Waals surface area contributed by atoms with Gasteiger partial charge in [-0.25, -0.2) is 0 Å². The first-order valence-electron chi connectivity index (χ1n) is 6.68. The lowest BCUT2D eigenvalue weighted by Crippen LogP contribution is -2.37. The predicted molar refractivity (Wildman–Crippen MR) is 82.9 cm³/mol. The molecule has 0 aromatic heterocycles. The van der Waals surface area contributed by atoms with Gasteiger partial charge in [-0.2, -0.15) is 0 Å². The summed E-state index contributed by atoms with van der Waals surface area (Å²) in [4.78, 5) is 24.7. The normalized spacial score (nSPS) is 12.0. The van der Waals surface area contributed by atoms with Crippen LogP contribution >= 0.6 is 15.9 Å². The van der Waals surface area contributed by atoms with Gasteiger partial charge in [-0.3, -0.25) is 9.59 Å². The number of carbonyl (C=O) groups excluding carboxylic acids is 1. The quantitative estimate of drug-likeness (QED) is 0.776. The summed E-state index contributed by atoms with van der Waals surface area (Å²) >= 11 is 3.39. The second kappa shape index (κ2) is 8.79. The number of nitrogens with zero attached hydrogens (tertiary/aromatic N) is 1. The fourth-order valence-electron chi connectivity index (χ4n) is 1.99. The first-order chi connectivity index (χ1) is 9.93. The molecule has 1 N–H and O–H groups in total. The van der Waals surface area contributed by atoms with Gasteiger partial charge in [0.25, 0.3) is 0 Å². The second-order valence-electron chi connectivity index (χ2n) is 4.89. The molecule has 0 aliphatic heterocycles. The van der Waals surface area contributed by atoms with E-state index in [1.54, 1.807) is 18.9 Å². The molecule has 0 saturated heterocycles. The number of benzene rings is 1. The number of hydrogen-bond acceptors (Lipinski definition) is 3. The van der Waals surface area contributed by atoms with Crippen LogP contribution in [0.1, 0.15) is 18.9 Å². The van der Waals surface area contributed by atoms with E-state index in [0.29, 0.717) is 13.2 Å². The lowest BCUT2D eigenvalue weighted by Gasteiger charge is -2.25. The number of carboxylic acids is 1. The largest absolute Gasteiger partial charge is 0.481 e. The highest BCUT2D eigenvalue weighted by Gasteiger charge is 2.21. The lowest BCUT2D eigenvalue weighted by molar-refractivity contribution is -0.140. The Hall–Kier alpha value is -1.40. The topological polar surface area (TPSA) is 66.8 Å². The molecule has 1 aromatic rings. The summed E-state index contributed by atoms with van der Waals surface area (Å²) in [7, 11) is 1.54. The highest BCUT2D eigenvalue weighted by atomic mass is 79.9. The van der Waals surface area contributed by atoms with Crippen molar-refractivity contribution in [2.24, 2.45) is 5.92 Å². The molecule has 0 radical (unpaired) electrons. The summed E-state index contributed by atoms with van der Waals surface area (Å²) in [6, 6.07) is 7.62. The van der Waals surface area contributed by atoms with Crippen LogP contribution < -0.4 is 0 Å². The SMILES string of the molecule is COCC(C)C(=O)N(CCC(=O)O)Cc1cccc(Br)c1. The van der Waals surface area contributed by atoms with Crippen molar-refractivity contribution in [3.8, 4) is 0 Å². The Kier molecular flexibility index (Phi) is 7.39. The summed E-state index contributed by atoms with van der Waals surface area (Å²) < 4.78 is 5.92. The van der Waals surface area contributed by atoms with Gasteiger partial charge in [-0.05, 0) is 17.7 Å². The van der Waals surface area contributed by atoms with Gasteiger partial charge in [-0.15, -0.1) is 0 Å². The number of rotatable bonds is 8. The fraction of sp³-hybridized carbons (Fsp3) is 0.467. The smallest absolute Gasteiger partial charge is 0.305 e. The molecular formula is C15H20BrNO4. The Labute approximate surface area is 133 Å². The summed E-state index contributed by atoms with van der Waals surface area (Å²) in [6.45, 7) is 2.68. The van der Waals surface area contributed by atoms with Crippen LogP contribution in [-0.2, 0) is 20.9 Å². The van der Waals surface area contributed by atoms with Gasteiger partial charge in [-0.1, -0.05) is 35.0 Å². The molecule has 6 heteroatoms. The molecule has 0 saturated carbocycles. The van der Waals surface area contributed by atoms with Crippen molar-refractivity contribution in [2.75, 3.05) is 20.3 Å². The third-order valence-electron chi connectivity index (χ3n) is 3.01. The van der Waals surface area contributed by atoms with Gasteiger partial charge in [0.05, 0.1) is 18.9 Å². The van der Waals surface area contributed by atoms with Crippen molar-refractivity contribution in [1.29, 1.82) is 0 Å². The van der Waals surface area contributed by atoms with Gasteiger partial charge in [0, 0.05) is 24.7 Å². The highest BCUT2D eigenvalue weighted by Crippen LogP contribution is 2.15. The van der Waals surface area contributed by atoms with E-state index in [1.807, 2.05) is 24.3 Å². The number of methoxy groups -OCH3 is 1. The maximum atomic E-state index is 12.4. The first-order valence-corrected chi connectivity index (χ1v) is 7.47.